The Kier molecular flexibility index (Phi) is 5.19. The minimum Gasteiger partial charge on any atom is -0.282 e. The van der Waals surface area contributed by atoms with Gasteiger partial charge in [-0.1, -0.05) is 17.7 Å². The summed E-state index contributed by atoms with van der Waals surface area (Å²) in [5.41, 5.74) is 2.35. The fourth-order valence-corrected chi connectivity index (χ4v) is 4.53. The number of rotatable bonds is 1. The van der Waals surface area contributed by atoms with Gasteiger partial charge in [-0.05, 0) is 19.1 Å². The molecule has 0 spiro atoms. The molecule has 1 aromatic heterocycles. The van der Waals surface area contributed by atoms with Gasteiger partial charge in [-0.3, -0.25) is 4.55 Å². The van der Waals surface area contributed by atoms with Crippen LogP contribution in [0.2, 0.25) is 0 Å². The molecule has 22 heavy (non-hydrogen) atoms. The van der Waals surface area contributed by atoms with Crippen LogP contribution in [0.4, 0.5) is 0 Å². The molecule has 0 aliphatic rings. The van der Waals surface area contributed by atoms with Crippen LogP contribution in [-0.4, -0.2) is 27.5 Å². The second-order valence-electron chi connectivity index (χ2n) is 4.94. The summed E-state index contributed by atoms with van der Waals surface area (Å²) in [5, 5.41) is 0. The quantitative estimate of drug-likeness (QED) is 0.399. The van der Waals surface area contributed by atoms with Gasteiger partial charge in [0.1, 0.15) is 0 Å². The fourth-order valence-electron chi connectivity index (χ4n) is 1.93. The van der Waals surface area contributed by atoms with Crippen molar-refractivity contribution in [3.8, 4) is 0 Å². The van der Waals surface area contributed by atoms with E-state index in [0.717, 1.165) is 5.56 Å². The first kappa shape index (κ1) is 16.9. The molecular formula is C16H18NO3SSe+. The molecule has 0 unspecified atom stereocenters. The van der Waals surface area contributed by atoms with Crippen molar-refractivity contribution >= 4 is 34.4 Å². The third-order valence-electron chi connectivity index (χ3n) is 3.28. The number of fused-ring (bicyclic) bond motifs is 1. The summed E-state index contributed by atoms with van der Waals surface area (Å²) in [6.07, 6.45) is 0. The average molecular weight is 383 g/mol. The molecule has 2 aromatic carbocycles. The minimum atomic E-state index is -4.02. The monoisotopic (exact) mass is 384 g/mol. The summed E-state index contributed by atoms with van der Waals surface area (Å²) in [6, 6.07) is 14.6. The van der Waals surface area contributed by atoms with E-state index >= 15 is 0 Å². The molecule has 0 fully saturated rings. The van der Waals surface area contributed by atoms with E-state index in [0.29, 0.717) is 14.5 Å². The van der Waals surface area contributed by atoms with Gasteiger partial charge in [0.05, 0.1) is 4.90 Å². The SMILES string of the molecule is Cc1[se]c2ccccc2[n+]1C.Cc1ccc(S(=O)(=O)O)cc1. The third kappa shape index (κ3) is 4.05. The van der Waals surface area contributed by atoms with E-state index in [9.17, 15) is 8.42 Å². The van der Waals surface area contributed by atoms with Crippen LogP contribution in [0.3, 0.4) is 0 Å². The first-order valence-electron chi connectivity index (χ1n) is 6.67. The largest absolute Gasteiger partial charge is 0.294 e. The van der Waals surface area contributed by atoms with Gasteiger partial charge in [-0.25, -0.2) is 0 Å². The maximum absolute atomic E-state index is 10.5. The molecule has 3 aromatic rings. The van der Waals surface area contributed by atoms with E-state index in [1.165, 1.54) is 26.5 Å². The number of para-hydroxylation sites is 1. The number of hydrogen-bond donors (Lipinski definition) is 1. The molecule has 4 nitrogen and oxygen atoms in total. The van der Waals surface area contributed by atoms with Crippen molar-refractivity contribution in [2.75, 3.05) is 0 Å². The molecule has 0 aliphatic carbocycles. The number of aryl methyl sites for hydroxylation is 3. The molecule has 0 aliphatic heterocycles. The van der Waals surface area contributed by atoms with Crippen molar-refractivity contribution in [3.05, 3.63) is 58.7 Å². The van der Waals surface area contributed by atoms with Gasteiger partial charge in [0, 0.05) is 0 Å². The number of benzene rings is 2. The minimum absolute atomic E-state index is 0.0666. The topological polar surface area (TPSA) is 58.2 Å². The van der Waals surface area contributed by atoms with Crippen LogP contribution in [0.5, 0.6) is 0 Å². The first-order chi connectivity index (χ1) is 10.3. The van der Waals surface area contributed by atoms with Crippen LogP contribution < -0.4 is 4.57 Å². The van der Waals surface area contributed by atoms with Crippen LogP contribution >= 0.6 is 0 Å². The third-order valence-corrected chi connectivity index (χ3v) is 6.52. The van der Waals surface area contributed by atoms with Crippen LogP contribution in [0.25, 0.3) is 9.78 Å². The predicted molar refractivity (Wildman–Crippen MR) is 87.8 cm³/mol. The number of nitrogens with zero attached hydrogens (tertiary/aromatic N) is 1. The van der Waals surface area contributed by atoms with Crippen LogP contribution in [0.1, 0.15) is 10.1 Å². The molecule has 0 radical (unpaired) electrons. The van der Waals surface area contributed by atoms with E-state index in [2.05, 4.69) is 42.8 Å². The zero-order valence-electron chi connectivity index (χ0n) is 12.6. The van der Waals surface area contributed by atoms with Gasteiger partial charge in [0.2, 0.25) is 0 Å². The summed E-state index contributed by atoms with van der Waals surface area (Å²) in [4.78, 5) is -0.0666. The van der Waals surface area contributed by atoms with E-state index in [1.54, 1.807) is 12.1 Å². The van der Waals surface area contributed by atoms with Gasteiger partial charge in [0.25, 0.3) is 10.1 Å². The average Bonchev–Trinajstić information content (AvgIpc) is 2.75. The Labute approximate surface area is 136 Å². The summed E-state index contributed by atoms with van der Waals surface area (Å²) in [5.74, 6) is 0. The zero-order chi connectivity index (χ0) is 16.3. The van der Waals surface area contributed by atoms with Crippen molar-refractivity contribution in [2.24, 2.45) is 7.05 Å². The van der Waals surface area contributed by atoms with Gasteiger partial charge in [-0.2, -0.15) is 8.42 Å². The van der Waals surface area contributed by atoms with Crippen molar-refractivity contribution < 1.29 is 17.5 Å². The maximum atomic E-state index is 10.5. The Hall–Kier alpha value is -1.46. The predicted octanol–water partition coefficient (Wildman–Crippen LogP) is 2.27. The second kappa shape index (κ2) is 6.75. The summed E-state index contributed by atoms with van der Waals surface area (Å²) < 4.78 is 34.9. The zero-order valence-corrected chi connectivity index (χ0v) is 15.2. The molecule has 0 saturated carbocycles. The summed E-state index contributed by atoms with van der Waals surface area (Å²) >= 11 is 0.575. The molecule has 0 atom stereocenters. The van der Waals surface area contributed by atoms with Gasteiger partial charge in [0.15, 0.2) is 0 Å². The maximum Gasteiger partial charge on any atom is 0.294 e. The Bertz CT molecular complexity index is 883. The molecule has 6 heteroatoms. The molecular weight excluding hydrogens is 365 g/mol. The molecule has 1 N–H and O–H groups in total. The number of hydrogen-bond acceptors (Lipinski definition) is 2. The first-order valence-corrected chi connectivity index (χ1v) is 9.82. The second-order valence-corrected chi connectivity index (χ2v) is 8.95. The molecule has 116 valence electrons. The van der Waals surface area contributed by atoms with Crippen LogP contribution in [0.15, 0.2) is 53.4 Å². The van der Waals surface area contributed by atoms with Crippen molar-refractivity contribution in [1.82, 2.24) is 0 Å². The van der Waals surface area contributed by atoms with Crippen molar-refractivity contribution in [3.63, 3.8) is 0 Å². The normalized spacial score (nSPS) is 11.1. The molecule has 0 bridgehead atoms. The molecule has 0 amide bonds. The van der Waals surface area contributed by atoms with Crippen LogP contribution in [0, 0.1) is 13.8 Å². The van der Waals surface area contributed by atoms with E-state index in [1.807, 2.05) is 6.92 Å². The van der Waals surface area contributed by atoms with Crippen LogP contribution in [-0.2, 0) is 17.2 Å². The number of aromatic nitrogens is 1. The van der Waals surface area contributed by atoms with Crippen molar-refractivity contribution in [1.29, 1.82) is 0 Å². The fraction of sp³-hybridized carbons (Fsp3) is 0.188. The van der Waals surface area contributed by atoms with Gasteiger partial charge in [-0.15, -0.1) is 0 Å². The summed E-state index contributed by atoms with van der Waals surface area (Å²) in [7, 11) is -1.88. The molecule has 0 saturated heterocycles. The van der Waals surface area contributed by atoms with E-state index in [4.69, 9.17) is 4.55 Å². The van der Waals surface area contributed by atoms with Gasteiger partial charge >= 0.3 is 71.7 Å². The smallest absolute Gasteiger partial charge is 0.282 e. The Morgan fingerprint density at radius 3 is 2.14 bits per heavy atom. The Morgan fingerprint density at radius 1 is 1.00 bits per heavy atom. The van der Waals surface area contributed by atoms with E-state index in [-0.39, 0.29) is 4.90 Å². The van der Waals surface area contributed by atoms with Gasteiger partial charge < -0.3 is 0 Å². The Balaban J connectivity index is 0.000000160. The van der Waals surface area contributed by atoms with Crippen molar-refractivity contribution in [2.45, 2.75) is 18.7 Å². The van der Waals surface area contributed by atoms with E-state index < -0.39 is 10.1 Å². The molecule has 1 heterocycles. The summed E-state index contributed by atoms with van der Waals surface area (Å²) in [6.45, 7) is 4.05. The standard InChI is InChI=1S/C9H10NSe.C7H8O3S/c1-7-10(2)8-5-3-4-6-9(8)11-7;1-6-2-4-7(5-3-6)11(8,9)10/h3-6H,1-2H3;2-5H,1H3,(H,8,9,10)/q+1;. The Morgan fingerprint density at radius 2 is 1.59 bits per heavy atom. The molecule has 3 rings (SSSR count).